The molecule has 0 aliphatic rings. The highest BCUT2D eigenvalue weighted by Gasteiger charge is 2.13. The van der Waals surface area contributed by atoms with Crippen LogP contribution < -0.4 is 0 Å². The van der Waals surface area contributed by atoms with E-state index in [9.17, 15) is 5.11 Å². The van der Waals surface area contributed by atoms with E-state index in [1.807, 2.05) is 28.9 Å². The summed E-state index contributed by atoms with van der Waals surface area (Å²) in [7, 11) is 8.37. The molecule has 29 heavy (non-hydrogen) atoms. The van der Waals surface area contributed by atoms with Crippen molar-refractivity contribution in [2.75, 3.05) is 34.7 Å². The smallest absolute Gasteiger partial charge is 0.0972 e. The number of aliphatic hydroxyl groups is 1. The first-order valence-electron chi connectivity index (χ1n) is 10.1. The molecule has 0 aliphatic heterocycles. The lowest BCUT2D eigenvalue weighted by molar-refractivity contribution is 0.282. The molecule has 0 saturated carbocycles. The Labute approximate surface area is 174 Å². The van der Waals surface area contributed by atoms with Gasteiger partial charge < -0.3 is 14.9 Å². The first-order valence-corrected chi connectivity index (χ1v) is 10.1. The van der Waals surface area contributed by atoms with Gasteiger partial charge in [0.05, 0.1) is 18.0 Å². The molecule has 0 bridgehead atoms. The molecule has 5 heteroatoms. The number of rotatable bonds is 9. The lowest BCUT2D eigenvalue weighted by Crippen LogP contribution is -2.13. The van der Waals surface area contributed by atoms with Crippen molar-refractivity contribution in [1.82, 2.24) is 19.6 Å². The molecule has 0 amide bonds. The van der Waals surface area contributed by atoms with Crippen LogP contribution in [0.25, 0.3) is 16.9 Å². The predicted octanol–water partition coefficient (Wildman–Crippen LogP) is 3.59. The Morgan fingerprint density at radius 1 is 0.931 bits per heavy atom. The van der Waals surface area contributed by atoms with Crippen LogP contribution in [0.15, 0.2) is 54.7 Å². The molecule has 1 N–H and O–H groups in total. The van der Waals surface area contributed by atoms with Crippen molar-refractivity contribution in [2.45, 2.75) is 26.0 Å². The van der Waals surface area contributed by atoms with Crippen LogP contribution in [-0.2, 0) is 19.6 Å². The maximum absolute atomic E-state index is 9.44. The molecule has 3 aromatic rings. The van der Waals surface area contributed by atoms with E-state index in [-0.39, 0.29) is 6.61 Å². The number of benzene rings is 2. The number of aryl methyl sites for hydroxylation is 1. The number of aromatic nitrogens is 2. The van der Waals surface area contributed by atoms with Crippen LogP contribution >= 0.6 is 0 Å². The van der Waals surface area contributed by atoms with E-state index < -0.39 is 0 Å². The van der Waals surface area contributed by atoms with Gasteiger partial charge in [0.25, 0.3) is 0 Å². The van der Waals surface area contributed by atoms with E-state index in [1.54, 1.807) is 0 Å². The largest absolute Gasteiger partial charge is 0.392 e. The fourth-order valence-electron chi connectivity index (χ4n) is 3.47. The second-order valence-corrected chi connectivity index (χ2v) is 8.12. The van der Waals surface area contributed by atoms with Crippen molar-refractivity contribution in [3.8, 4) is 16.9 Å². The minimum atomic E-state index is 0.0296. The van der Waals surface area contributed by atoms with E-state index in [1.165, 1.54) is 11.1 Å². The van der Waals surface area contributed by atoms with E-state index in [0.717, 1.165) is 48.4 Å². The molecule has 5 nitrogen and oxygen atoms in total. The van der Waals surface area contributed by atoms with E-state index in [2.05, 4.69) is 68.5 Å². The molecule has 0 fully saturated rings. The average molecular weight is 393 g/mol. The highest BCUT2D eigenvalue weighted by Crippen LogP contribution is 2.25. The molecule has 3 rings (SSSR count). The number of aliphatic hydroxyl groups excluding tert-OH is 1. The summed E-state index contributed by atoms with van der Waals surface area (Å²) in [6, 6.07) is 16.7. The van der Waals surface area contributed by atoms with Gasteiger partial charge in [0.1, 0.15) is 0 Å². The summed E-state index contributed by atoms with van der Waals surface area (Å²) in [5, 5.41) is 14.3. The van der Waals surface area contributed by atoms with Crippen molar-refractivity contribution in [3.63, 3.8) is 0 Å². The molecule has 154 valence electrons. The Balaban J connectivity index is 1.88. The lowest BCUT2D eigenvalue weighted by Gasteiger charge is -2.10. The molecule has 0 aliphatic carbocycles. The molecule has 2 aromatic carbocycles. The zero-order chi connectivity index (χ0) is 20.8. The van der Waals surface area contributed by atoms with Crippen molar-refractivity contribution in [1.29, 1.82) is 0 Å². The Kier molecular flexibility index (Phi) is 7.20. The number of hydrogen-bond donors (Lipinski definition) is 1. The Bertz CT molecular complexity index is 913. The lowest BCUT2D eigenvalue weighted by atomic mass is 10.0. The fraction of sp³-hybridized carbons (Fsp3) is 0.375. The van der Waals surface area contributed by atoms with Gasteiger partial charge in [0.2, 0.25) is 0 Å². The predicted molar refractivity (Wildman–Crippen MR) is 119 cm³/mol. The van der Waals surface area contributed by atoms with Gasteiger partial charge in [-0.3, -0.25) is 0 Å². The number of hydrogen-bond acceptors (Lipinski definition) is 4. The molecule has 0 atom stereocenters. The minimum Gasteiger partial charge on any atom is -0.392 e. The van der Waals surface area contributed by atoms with Gasteiger partial charge in [0, 0.05) is 23.9 Å². The topological polar surface area (TPSA) is 44.5 Å². The second kappa shape index (κ2) is 9.83. The molecular formula is C24H32N4O. The third-order valence-corrected chi connectivity index (χ3v) is 4.93. The third-order valence-electron chi connectivity index (χ3n) is 4.93. The molecule has 0 radical (unpaired) electrons. The summed E-state index contributed by atoms with van der Waals surface area (Å²) in [4.78, 5) is 4.38. The van der Waals surface area contributed by atoms with Crippen molar-refractivity contribution in [3.05, 3.63) is 71.4 Å². The normalized spacial score (nSPS) is 11.6. The monoisotopic (exact) mass is 392 g/mol. The Hall–Kier alpha value is -2.47. The first kappa shape index (κ1) is 21.2. The third kappa shape index (κ3) is 5.76. The van der Waals surface area contributed by atoms with Gasteiger partial charge in [-0.1, -0.05) is 36.4 Å². The van der Waals surface area contributed by atoms with Crippen LogP contribution in [0, 0.1) is 0 Å². The molecular weight excluding hydrogens is 360 g/mol. The van der Waals surface area contributed by atoms with E-state index in [4.69, 9.17) is 5.10 Å². The van der Waals surface area contributed by atoms with Crippen molar-refractivity contribution < 1.29 is 5.11 Å². The average Bonchev–Trinajstić information content (AvgIpc) is 3.11. The summed E-state index contributed by atoms with van der Waals surface area (Å²) < 4.78 is 1.92. The quantitative estimate of drug-likeness (QED) is 0.604. The van der Waals surface area contributed by atoms with Gasteiger partial charge in [-0.2, -0.15) is 5.10 Å². The van der Waals surface area contributed by atoms with Gasteiger partial charge in [-0.15, -0.1) is 0 Å². The first-order chi connectivity index (χ1) is 14.0. The van der Waals surface area contributed by atoms with Crippen LogP contribution in [0.3, 0.4) is 0 Å². The highest BCUT2D eigenvalue weighted by molar-refractivity contribution is 5.63. The summed E-state index contributed by atoms with van der Waals surface area (Å²) in [5.41, 5.74) is 6.53. The summed E-state index contributed by atoms with van der Waals surface area (Å²) in [6.07, 6.45) is 4.34. The molecule has 1 aromatic heterocycles. The van der Waals surface area contributed by atoms with Crippen LogP contribution in [0.4, 0.5) is 0 Å². The molecule has 0 spiro atoms. The van der Waals surface area contributed by atoms with Crippen molar-refractivity contribution in [2.24, 2.45) is 0 Å². The van der Waals surface area contributed by atoms with Crippen LogP contribution in [-0.4, -0.2) is 59.4 Å². The van der Waals surface area contributed by atoms with Gasteiger partial charge in [-0.05, 0) is 70.8 Å². The van der Waals surface area contributed by atoms with Crippen molar-refractivity contribution >= 4 is 0 Å². The van der Waals surface area contributed by atoms with Gasteiger partial charge in [0.15, 0.2) is 0 Å². The Morgan fingerprint density at radius 3 is 2.34 bits per heavy atom. The summed E-state index contributed by atoms with van der Waals surface area (Å²) >= 11 is 0. The van der Waals surface area contributed by atoms with E-state index in [0.29, 0.717) is 0 Å². The number of nitrogens with zero attached hydrogens (tertiary/aromatic N) is 4. The van der Waals surface area contributed by atoms with E-state index >= 15 is 0 Å². The maximum atomic E-state index is 9.44. The van der Waals surface area contributed by atoms with Crippen LogP contribution in [0.5, 0.6) is 0 Å². The van der Waals surface area contributed by atoms with Gasteiger partial charge >= 0.3 is 0 Å². The van der Waals surface area contributed by atoms with Crippen LogP contribution in [0.2, 0.25) is 0 Å². The zero-order valence-corrected chi connectivity index (χ0v) is 18.0. The molecule has 0 unspecified atom stereocenters. The Morgan fingerprint density at radius 2 is 1.69 bits per heavy atom. The van der Waals surface area contributed by atoms with Gasteiger partial charge in [-0.25, -0.2) is 4.68 Å². The highest BCUT2D eigenvalue weighted by atomic mass is 16.3. The molecule has 1 heterocycles. The standard InChI is InChI=1S/C24H32N4O/c1-26(2)14-6-8-19-10-12-21(13-11-19)24-22(16-27(3)4)17-28(25-24)23-9-5-7-20(15-23)18-29/h5,7,9-13,15,17,29H,6,8,14,16,18H2,1-4H3. The fourth-order valence-corrected chi connectivity index (χ4v) is 3.47. The van der Waals surface area contributed by atoms with Crippen LogP contribution in [0.1, 0.15) is 23.1 Å². The molecule has 0 saturated heterocycles. The maximum Gasteiger partial charge on any atom is 0.0972 e. The summed E-state index contributed by atoms with van der Waals surface area (Å²) in [5.74, 6) is 0. The zero-order valence-electron chi connectivity index (χ0n) is 18.0. The SMILES string of the molecule is CN(C)CCCc1ccc(-c2nn(-c3cccc(CO)c3)cc2CN(C)C)cc1. The summed E-state index contributed by atoms with van der Waals surface area (Å²) in [6.45, 7) is 1.95. The second-order valence-electron chi connectivity index (χ2n) is 8.12. The minimum absolute atomic E-state index is 0.0296.